The first-order valence-electron chi connectivity index (χ1n) is 10.5. The molecule has 1 aliphatic rings. The van der Waals surface area contributed by atoms with Gasteiger partial charge >= 0.3 is 0 Å². The van der Waals surface area contributed by atoms with E-state index < -0.39 is 10.0 Å². The smallest absolute Gasteiger partial charge is 0.245 e. The summed E-state index contributed by atoms with van der Waals surface area (Å²) in [4.78, 5) is 18.8. The summed E-state index contributed by atoms with van der Waals surface area (Å²) >= 11 is 0. The summed E-state index contributed by atoms with van der Waals surface area (Å²) in [7, 11) is -3.67. The lowest BCUT2D eigenvalue weighted by Crippen LogP contribution is -2.49. The van der Waals surface area contributed by atoms with Crippen LogP contribution in [0.25, 0.3) is 10.9 Å². The minimum absolute atomic E-state index is 0.163. The van der Waals surface area contributed by atoms with Crippen molar-refractivity contribution in [3.63, 3.8) is 0 Å². The number of nitrogens with one attached hydrogen (secondary N) is 1. The number of sulfonamides is 1. The number of halogens is 1. The van der Waals surface area contributed by atoms with Crippen LogP contribution in [0.5, 0.6) is 0 Å². The second-order valence-electron chi connectivity index (χ2n) is 7.89. The summed E-state index contributed by atoms with van der Waals surface area (Å²) in [6.45, 7) is 4.23. The number of piperazine rings is 1. The molecular formula is C23H25FN4O3S. The predicted molar refractivity (Wildman–Crippen MR) is 121 cm³/mol. The molecular weight excluding hydrogens is 431 g/mol. The van der Waals surface area contributed by atoms with E-state index in [9.17, 15) is 17.6 Å². The Labute approximate surface area is 186 Å². The Morgan fingerprint density at radius 1 is 1.09 bits per heavy atom. The number of anilines is 1. The van der Waals surface area contributed by atoms with Gasteiger partial charge in [-0.25, -0.2) is 12.8 Å². The Balaban J connectivity index is 1.34. The van der Waals surface area contributed by atoms with E-state index in [-0.39, 0.29) is 23.0 Å². The lowest BCUT2D eigenvalue weighted by atomic mass is 10.2. The molecule has 2 heterocycles. The average molecular weight is 457 g/mol. The first kappa shape index (κ1) is 22.3. The van der Waals surface area contributed by atoms with Gasteiger partial charge in [0.25, 0.3) is 0 Å². The number of pyridine rings is 1. The fourth-order valence-corrected chi connectivity index (χ4v) is 5.39. The maximum atomic E-state index is 13.3. The maximum absolute atomic E-state index is 13.3. The topological polar surface area (TPSA) is 82.6 Å². The highest BCUT2D eigenvalue weighted by Gasteiger charge is 2.30. The molecule has 0 unspecified atom stereocenters. The van der Waals surface area contributed by atoms with Crippen LogP contribution in [0.1, 0.15) is 12.0 Å². The fourth-order valence-electron chi connectivity index (χ4n) is 3.80. The minimum Gasteiger partial charge on any atom is -0.326 e. The van der Waals surface area contributed by atoms with Crippen molar-refractivity contribution in [1.29, 1.82) is 0 Å². The minimum atomic E-state index is -3.67. The summed E-state index contributed by atoms with van der Waals surface area (Å²) in [6, 6.07) is 12.8. The Hall–Kier alpha value is -2.88. The number of para-hydroxylation sites is 1. The molecule has 0 saturated carbocycles. The highest BCUT2D eigenvalue weighted by atomic mass is 32.2. The number of amides is 1. The number of fused-ring (bicyclic) bond motifs is 1. The summed E-state index contributed by atoms with van der Waals surface area (Å²) in [5, 5.41) is 3.54. The zero-order chi connectivity index (χ0) is 22.7. The molecule has 1 saturated heterocycles. The van der Waals surface area contributed by atoms with Crippen molar-refractivity contribution in [2.75, 3.05) is 38.0 Å². The number of rotatable bonds is 6. The first-order valence-corrected chi connectivity index (χ1v) is 11.9. The molecule has 1 aromatic heterocycles. The standard InChI is InChI=1S/C23H25FN4O3S/c1-17-15-18-3-2-4-21(23(18)25-16-17)32(30,31)28-13-11-27(12-14-28)10-9-22(29)26-20-7-5-19(24)6-8-20/h2-8,15-16H,9-14H2,1H3,(H,26,29). The van der Waals surface area contributed by atoms with Crippen molar-refractivity contribution in [3.05, 3.63) is 66.1 Å². The second kappa shape index (κ2) is 9.32. The first-order chi connectivity index (χ1) is 15.3. The Morgan fingerprint density at radius 2 is 1.81 bits per heavy atom. The van der Waals surface area contributed by atoms with Gasteiger partial charge in [-0.2, -0.15) is 4.31 Å². The summed E-state index contributed by atoms with van der Waals surface area (Å²) in [6.07, 6.45) is 1.95. The zero-order valence-electron chi connectivity index (χ0n) is 17.8. The molecule has 3 aromatic rings. The lowest BCUT2D eigenvalue weighted by Gasteiger charge is -2.33. The molecule has 1 N–H and O–H groups in total. The van der Waals surface area contributed by atoms with Gasteiger partial charge in [0.2, 0.25) is 15.9 Å². The van der Waals surface area contributed by atoms with Crippen LogP contribution in [0.2, 0.25) is 0 Å². The Kier molecular flexibility index (Phi) is 6.50. The molecule has 1 fully saturated rings. The summed E-state index contributed by atoms with van der Waals surface area (Å²) in [5.74, 6) is -0.519. The number of benzene rings is 2. The molecule has 0 spiro atoms. The molecule has 32 heavy (non-hydrogen) atoms. The number of carbonyl (C=O) groups excluding carboxylic acids is 1. The van der Waals surface area contributed by atoms with E-state index in [0.29, 0.717) is 43.9 Å². The van der Waals surface area contributed by atoms with Crippen LogP contribution in [-0.2, 0) is 14.8 Å². The average Bonchev–Trinajstić information content (AvgIpc) is 2.79. The van der Waals surface area contributed by atoms with Crippen LogP contribution in [0.3, 0.4) is 0 Å². The molecule has 1 aliphatic heterocycles. The second-order valence-corrected chi connectivity index (χ2v) is 9.80. The largest absolute Gasteiger partial charge is 0.326 e. The van der Waals surface area contributed by atoms with Gasteiger partial charge in [0.15, 0.2) is 0 Å². The summed E-state index contributed by atoms with van der Waals surface area (Å²) < 4.78 is 41.0. The van der Waals surface area contributed by atoms with Gasteiger partial charge in [0.05, 0.1) is 5.52 Å². The van der Waals surface area contributed by atoms with Gasteiger partial charge in [-0.1, -0.05) is 12.1 Å². The van der Waals surface area contributed by atoms with Gasteiger partial charge in [-0.3, -0.25) is 9.78 Å². The van der Waals surface area contributed by atoms with Crippen LogP contribution >= 0.6 is 0 Å². The maximum Gasteiger partial charge on any atom is 0.245 e. The van der Waals surface area contributed by atoms with Crippen molar-refractivity contribution in [2.24, 2.45) is 0 Å². The highest BCUT2D eigenvalue weighted by molar-refractivity contribution is 7.89. The van der Waals surface area contributed by atoms with E-state index in [2.05, 4.69) is 15.2 Å². The highest BCUT2D eigenvalue weighted by Crippen LogP contribution is 2.25. The van der Waals surface area contributed by atoms with Crippen molar-refractivity contribution in [1.82, 2.24) is 14.2 Å². The number of nitrogens with zero attached hydrogens (tertiary/aromatic N) is 3. The van der Waals surface area contributed by atoms with Crippen molar-refractivity contribution >= 4 is 32.5 Å². The SMILES string of the molecule is Cc1cnc2c(S(=O)(=O)N3CCN(CCC(=O)Nc4ccc(F)cc4)CC3)cccc2c1. The third-order valence-corrected chi connectivity index (χ3v) is 7.47. The number of carbonyl (C=O) groups is 1. The number of aromatic nitrogens is 1. The van der Waals surface area contributed by atoms with Gasteiger partial charge in [-0.05, 0) is 48.9 Å². The third-order valence-electron chi connectivity index (χ3n) is 5.54. The van der Waals surface area contributed by atoms with E-state index in [4.69, 9.17) is 0 Å². The van der Waals surface area contributed by atoms with E-state index in [0.717, 1.165) is 10.9 Å². The van der Waals surface area contributed by atoms with E-state index in [1.165, 1.54) is 28.6 Å². The fraction of sp³-hybridized carbons (Fsp3) is 0.304. The molecule has 9 heteroatoms. The molecule has 168 valence electrons. The molecule has 0 aliphatic carbocycles. The number of hydrogen-bond donors (Lipinski definition) is 1. The monoisotopic (exact) mass is 456 g/mol. The molecule has 1 amide bonds. The van der Waals surface area contributed by atoms with Crippen LogP contribution < -0.4 is 5.32 Å². The van der Waals surface area contributed by atoms with Gasteiger partial charge in [0.1, 0.15) is 10.7 Å². The van der Waals surface area contributed by atoms with Gasteiger partial charge in [0, 0.05) is 56.4 Å². The number of aryl methyl sites for hydroxylation is 1. The number of hydrogen-bond acceptors (Lipinski definition) is 5. The van der Waals surface area contributed by atoms with E-state index in [1.807, 2.05) is 19.1 Å². The Morgan fingerprint density at radius 3 is 2.53 bits per heavy atom. The van der Waals surface area contributed by atoms with Crippen LogP contribution in [-0.4, -0.2) is 61.2 Å². The van der Waals surface area contributed by atoms with E-state index in [1.54, 1.807) is 18.3 Å². The summed E-state index contributed by atoms with van der Waals surface area (Å²) in [5.41, 5.74) is 2.01. The van der Waals surface area contributed by atoms with Crippen LogP contribution in [0, 0.1) is 12.7 Å². The molecule has 0 radical (unpaired) electrons. The van der Waals surface area contributed by atoms with Gasteiger partial charge in [-0.15, -0.1) is 0 Å². The predicted octanol–water partition coefficient (Wildman–Crippen LogP) is 3.02. The molecule has 7 nitrogen and oxygen atoms in total. The third kappa shape index (κ3) is 4.95. The normalized spacial score (nSPS) is 15.7. The zero-order valence-corrected chi connectivity index (χ0v) is 18.6. The Bertz CT molecular complexity index is 1220. The van der Waals surface area contributed by atoms with Crippen molar-refractivity contribution < 1.29 is 17.6 Å². The molecule has 0 atom stereocenters. The quantitative estimate of drug-likeness (QED) is 0.617. The van der Waals surface area contributed by atoms with Crippen LogP contribution in [0.4, 0.5) is 10.1 Å². The van der Waals surface area contributed by atoms with Crippen molar-refractivity contribution in [3.8, 4) is 0 Å². The molecule has 4 rings (SSSR count). The van der Waals surface area contributed by atoms with Crippen LogP contribution in [0.15, 0.2) is 59.6 Å². The lowest BCUT2D eigenvalue weighted by molar-refractivity contribution is -0.116. The van der Waals surface area contributed by atoms with Crippen molar-refractivity contribution in [2.45, 2.75) is 18.2 Å². The molecule has 0 bridgehead atoms. The molecule has 2 aromatic carbocycles. The van der Waals surface area contributed by atoms with Gasteiger partial charge < -0.3 is 10.2 Å². The van der Waals surface area contributed by atoms with E-state index >= 15 is 0 Å².